The van der Waals surface area contributed by atoms with E-state index in [0.29, 0.717) is 31.0 Å². The van der Waals surface area contributed by atoms with Crippen LogP contribution < -0.4 is 10.6 Å². The molecule has 3 fully saturated rings. The molecule has 0 aliphatic carbocycles. The molecular formula is C20H31N3O3. The lowest BCUT2D eigenvalue weighted by molar-refractivity contribution is -0.122. The maximum atomic E-state index is 12.6. The minimum Gasteiger partial charge on any atom is -0.465 e. The Labute approximate surface area is 155 Å². The molecule has 3 saturated heterocycles. The maximum Gasteiger partial charge on any atom is 0.220 e. The third kappa shape index (κ3) is 4.30. The van der Waals surface area contributed by atoms with Gasteiger partial charge in [-0.3, -0.25) is 9.69 Å². The average Bonchev–Trinajstić information content (AvgIpc) is 3.21. The van der Waals surface area contributed by atoms with Gasteiger partial charge >= 0.3 is 0 Å². The molecule has 6 heteroatoms. The number of furan rings is 1. The standard InChI is InChI=1S/C20H31N3O3/c1-14-2-5-19(26-14)18(23-6-8-25-9-7-23)13-21-20(24)12-15-10-16-3-4-17(11-15)22-16/h2,5,15-18,22H,3-4,6-13H2,1H3,(H,21,24). The van der Waals surface area contributed by atoms with Crippen molar-refractivity contribution < 1.29 is 13.9 Å². The minimum absolute atomic E-state index is 0.0840. The van der Waals surface area contributed by atoms with Crippen molar-refractivity contribution >= 4 is 5.91 Å². The summed E-state index contributed by atoms with van der Waals surface area (Å²) < 4.78 is 11.4. The molecule has 3 unspecified atom stereocenters. The Balaban J connectivity index is 1.32. The number of fused-ring (bicyclic) bond motifs is 2. The Hall–Kier alpha value is -1.37. The van der Waals surface area contributed by atoms with Crippen molar-refractivity contribution in [1.29, 1.82) is 0 Å². The third-order valence-corrected chi connectivity index (χ3v) is 6.11. The summed E-state index contributed by atoms with van der Waals surface area (Å²) in [6.07, 6.45) is 5.50. The van der Waals surface area contributed by atoms with Gasteiger partial charge in [-0.25, -0.2) is 0 Å². The van der Waals surface area contributed by atoms with Crippen LogP contribution in [0.5, 0.6) is 0 Å². The molecule has 1 aromatic rings. The molecule has 2 bridgehead atoms. The number of hydrogen-bond acceptors (Lipinski definition) is 5. The predicted octanol–water partition coefficient (Wildman–Crippen LogP) is 2.00. The Morgan fingerprint density at radius 3 is 2.65 bits per heavy atom. The summed E-state index contributed by atoms with van der Waals surface area (Å²) in [5, 5.41) is 6.83. The number of ether oxygens (including phenoxy) is 1. The van der Waals surface area contributed by atoms with E-state index in [0.717, 1.165) is 50.7 Å². The van der Waals surface area contributed by atoms with E-state index in [-0.39, 0.29) is 11.9 Å². The van der Waals surface area contributed by atoms with Crippen LogP contribution in [-0.2, 0) is 9.53 Å². The zero-order chi connectivity index (χ0) is 17.9. The van der Waals surface area contributed by atoms with Gasteiger partial charge in [-0.15, -0.1) is 0 Å². The van der Waals surface area contributed by atoms with Crippen LogP contribution in [0.15, 0.2) is 16.5 Å². The van der Waals surface area contributed by atoms with Gasteiger partial charge in [0, 0.05) is 38.1 Å². The summed E-state index contributed by atoms with van der Waals surface area (Å²) in [6, 6.07) is 5.39. The molecule has 3 aliphatic rings. The molecule has 0 radical (unpaired) electrons. The summed E-state index contributed by atoms with van der Waals surface area (Å²) in [5.74, 6) is 2.55. The number of nitrogens with zero attached hydrogens (tertiary/aromatic N) is 1. The van der Waals surface area contributed by atoms with Crippen LogP contribution in [0.25, 0.3) is 0 Å². The van der Waals surface area contributed by atoms with E-state index in [1.807, 2.05) is 19.1 Å². The number of nitrogens with one attached hydrogen (secondary N) is 2. The van der Waals surface area contributed by atoms with Crippen molar-refractivity contribution in [3.8, 4) is 0 Å². The molecule has 144 valence electrons. The molecule has 3 aliphatic heterocycles. The molecule has 1 aromatic heterocycles. The highest BCUT2D eigenvalue weighted by atomic mass is 16.5. The summed E-state index contributed by atoms with van der Waals surface area (Å²) in [7, 11) is 0. The van der Waals surface area contributed by atoms with E-state index in [1.54, 1.807) is 0 Å². The molecule has 6 nitrogen and oxygen atoms in total. The molecule has 0 aromatic carbocycles. The van der Waals surface area contributed by atoms with Gasteiger partial charge in [-0.05, 0) is 50.7 Å². The minimum atomic E-state index is 0.0840. The lowest BCUT2D eigenvalue weighted by Gasteiger charge is -2.33. The Morgan fingerprint density at radius 1 is 1.27 bits per heavy atom. The Morgan fingerprint density at radius 2 is 2.00 bits per heavy atom. The van der Waals surface area contributed by atoms with Crippen LogP contribution in [0.2, 0.25) is 0 Å². The highest BCUT2D eigenvalue weighted by Crippen LogP contribution is 2.32. The predicted molar refractivity (Wildman–Crippen MR) is 98.9 cm³/mol. The maximum absolute atomic E-state index is 12.6. The average molecular weight is 361 g/mol. The summed E-state index contributed by atoms with van der Waals surface area (Å²) in [6.45, 7) is 5.79. The number of carbonyl (C=O) groups excluding carboxylic acids is 1. The van der Waals surface area contributed by atoms with Crippen molar-refractivity contribution in [1.82, 2.24) is 15.5 Å². The van der Waals surface area contributed by atoms with Crippen molar-refractivity contribution in [3.05, 3.63) is 23.7 Å². The van der Waals surface area contributed by atoms with Gasteiger partial charge in [0.05, 0.1) is 19.3 Å². The second-order valence-corrected chi connectivity index (χ2v) is 8.10. The third-order valence-electron chi connectivity index (χ3n) is 6.11. The number of carbonyl (C=O) groups is 1. The van der Waals surface area contributed by atoms with Crippen LogP contribution >= 0.6 is 0 Å². The Kier molecular flexibility index (Phi) is 5.62. The van der Waals surface area contributed by atoms with Crippen molar-refractivity contribution in [3.63, 3.8) is 0 Å². The number of amides is 1. The lowest BCUT2D eigenvalue weighted by atomic mass is 9.89. The summed E-state index contributed by atoms with van der Waals surface area (Å²) in [5.41, 5.74) is 0. The highest BCUT2D eigenvalue weighted by molar-refractivity contribution is 5.76. The smallest absolute Gasteiger partial charge is 0.220 e. The summed E-state index contributed by atoms with van der Waals surface area (Å²) in [4.78, 5) is 14.9. The molecule has 4 rings (SSSR count). The molecule has 0 saturated carbocycles. The number of aryl methyl sites for hydroxylation is 1. The molecule has 26 heavy (non-hydrogen) atoms. The SMILES string of the molecule is Cc1ccc(C(CNC(=O)CC2CC3CCC(C2)N3)N2CCOCC2)o1. The fourth-order valence-electron chi connectivity index (χ4n) is 4.82. The molecule has 1 amide bonds. The largest absolute Gasteiger partial charge is 0.465 e. The summed E-state index contributed by atoms with van der Waals surface area (Å²) >= 11 is 0. The first kappa shape index (κ1) is 18.0. The van der Waals surface area contributed by atoms with Gasteiger partial charge in [0.25, 0.3) is 0 Å². The van der Waals surface area contributed by atoms with Gasteiger partial charge in [-0.1, -0.05) is 0 Å². The van der Waals surface area contributed by atoms with E-state index in [9.17, 15) is 4.79 Å². The van der Waals surface area contributed by atoms with Gasteiger partial charge < -0.3 is 19.8 Å². The van der Waals surface area contributed by atoms with Gasteiger partial charge in [0.2, 0.25) is 5.91 Å². The fourth-order valence-corrected chi connectivity index (χ4v) is 4.82. The zero-order valence-electron chi connectivity index (χ0n) is 15.7. The number of rotatable bonds is 6. The molecule has 4 heterocycles. The van der Waals surface area contributed by atoms with E-state index >= 15 is 0 Å². The Bertz CT molecular complexity index is 599. The molecule has 3 atom stereocenters. The monoisotopic (exact) mass is 361 g/mol. The lowest BCUT2D eigenvalue weighted by Crippen LogP contribution is -2.44. The number of piperidine rings is 1. The first-order valence-corrected chi connectivity index (χ1v) is 10.1. The second-order valence-electron chi connectivity index (χ2n) is 8.10. The van der Waals surface area contributed by atoms with Crippen LogP contribution in [0.1, 0.15) is 49.7 Å². The normalized spacial score (nSPS) is 30.3. The second kappa shape index (κ2) is 8.11. The van der Waals surface area contributed by atoms with Crippen LogP contribution in [-0.4, -0.2) is 55.7 Å². The van der Waals surface area contributed by atoms with E-state index in [4.69, 9.17) is 9.15 Å². The quantitative estimate of drug-likeness (QED) is 0.811. The topological polar surface area (TPSA) is 66.7 Å². The van der Waals surface area contributed by atoms with Crippen molar-refractivity contribution in [2.45, 2.75) is 57.2 Å². The van der Waals surface area contributed by atoms with E-state index < -0.39 is 0 Å². The van der Waals surface area contributed by atoms with Crippen molar-refractivity contribution in [2.75, 3.05) is 32.8 Å². The van der Waals surface area contributed by atoms with Gasteiger partial charge in [0.15, 0.2) is 0 Å². The molecule has 0 spiro atoms. The first-order chi connectivity index (χ1) is 12.7. The molecular weight excluding hydrogens is 330 g/mol. The zero-order valence-corrected chi connectivity index (χ0v) is 15.7. The van der Waals surface area contributed by atoms with Gasteiger partial charge in [0.1, 0.15) is 11.5 Å². The van der Waals surface area contributed by atoms with E-state index in [1.165, 1.54) is 12.8 Å². The van der Waals surface area contributed by atoms with Crippen molar-refractivity contribution in [2.24, 2.45) is 5.92 Å². The van der Waals surface area contributed by atoms with E-state index in [2.05, 4.69) is 15.5 Å². The molecule has 2 N–H and O–H groups in total. The number of morpholine rings is 1. The van der Waals surface area contributed by atoms with Crippen LogP contribution in [0.3, 0.4) is 0 Å². The number of hydrogen-bond donors (Lipinski definition) is 2. The first-order valence-electron chi connectivity index (χ1n) is 10.1. The fraction of sp³-hybridized carbons (Fsp3) is 0.750. The van der Waals surface area contributed by atoms with Crippen LogP contribution in [0, 0.1) is 12.8 Å². The van der Waals surface area contributed by atoms with Gasteiger partial charge in [-0.2, -0.15) is 0 Å². The van der Waals surface area contributed by atoms with Crippen LogP contribution in [0.4, 0.5) is 0 Å². The highest BCUT2D eigenvalue weighted by Gasteiger charge is 2.34.